The first-order valence-electron chi connectivity index (χ1n) is 7.43. The van der Waals surface area contributed by atoms with Gasteiger partial charge < -0.3 is 4.90 Å². The molecule has 3 heterocycles. The zero-order valence-corrected chi connectivity index (χ0v) is 13.2. The largest absolute Gasteiger partial charge is 0.304 e. The molecule has 1 saturated heterocycles. The predicted molar refractivity (Wildman–Crippen MR) is 81.2 cm³/mol. The van der Waals surface area contributed by atoms with Gasteiger partial charge in [0.1, 0.15) is 6.33 Å². The summed E-state index contributed by atoms with van der Waals surface area (Å²) >= 11 is 0. The summed E-state index contributed by atoms with van der Waals surface area (Å²) in [5.41, 5.74) is 5.62. The van der Waals surface area contributed by atoms with E-state index >= 15 is 0 Å². The molecule has 0 unspecified atom stereocenters. The van der Waals surface area contributed by atoms with Crippen LogP contribution in [0.1, 0.15) is 17.0 Å². The quantitative estimate of drug-likeness (QED) is 0.828. The average molecular weight is 303 g/mol. The van der Waals surface area contributed by atoms with E-state index in [1.54, 1.807) is 4.52 Å². The van der Waals surface area contributed by atoms with Gasteiger partial charge >= 0.3 is 0 Å². The van der Waals surface area contributed by atoms with Crippen molar-refractivity contribution >= 4 is 11.7 Å². The van der Waals surface area contributed by atoms with Gasteiger partial charge in [-0.25, -0.2) is 14.5 Å². The molecule has 0 aliphatic carbocycles. The molecule has 0 saturated carbocycles. The highest BCUT2D eigenvalue weighted by atomic mass is 16.2. The first-order valence-corrected chi connectivity index (χ1v) is 7.43. The number of hydrogen-bond donors (Lipinski definition) is 1. The van der Waals surface area contributed by atoms with Gasteiger partial charge in [0, 0.05) is 43.1 Å². The van der Waals surface area contributed by atoms with Crippen LogP contribution < -0.4 is 5.43 Å². The van der Waals surface area contributed by atoms with E-state index in [9.17, 15) is 4.79 Å². The van der Waals surface area contributed by atoms with Gasteiger partial charge in [-0.15, -0.1) is 0 Å². The molecule has 2 aromatic heterocycles. The number of aryl methyl sites for hydroxylation is 2. The molecule has 1 aliphatic rings. The monoisotopic (exact) mass is 303 g/mol. The van der Waals surface area contributed by atoms with Crippen molar-refractivity contribution < 1.29 is 4.79 Å². The van der Waals surface area contributed by atoms with Crippen molar-refractivity contribution in [2.75, 3.05) is 33.2 Å². The molecule has 0 atom stereocenters. The van der Waals surface area contributed by atoms with Gasteiger partial charge in [0.15, 0.2) is 0 Å². The van der Waals surface area contributed by atoms with Gasteiger partial charge in [0.25, 0.3) is 5.78 Å². The molecule has 3 rings (SSSR count). The third-order valence-electron chi connectivity index (χ3n) is 4.11. The van der Waals surface area contributed by atoms with Gasteiger partial charge in [0.2, 0.25) is 5.91 Å². The highest BCUT2D eigenvalue weighted by molar-refractivity contribution is 5.78. The fourth-order valence-electron chi connectivity index (χ4n) is 2.71. The fourth-order valence-corrected chi connectivity index (χ4v) is 2.71. The molecule has 1 fully saturated rings. The molecular weight excluding hydrogens is 282 g/mol. The molecule has 1 amide bonds. The lowest BCUT2D eigenvalue weighted by atomic mass is 10.1. The number of hydrazine groups is 1. The standard InChI is InChI=1S/C14H21N7O/c1-10-12(11(2)21-14(17-10)15-9-16-21)8-13(22)18-20-6-4-19(3)5-7-20/h9H,4-8H2,1-3H3,(H,18,22). The van der Waals surface area contributed by atoms with Crippen molar-refractivity contribution in [3.05, 3.63) is 23.3 Å². The maximum Gasteiger partial charge on any atom is 0.252 e. The highest BCUT2D eigenvalue weighted by Crippen LogP contribution is 2.13. The van der Waals surface area contributed by atoms with Crippen LogP contribution >= 0.6 is 0 Å². The molecule has 22 heavy (non-hydrogen) atoms. The SMILES string of the molecule is Cc1nc2ncnn2c(C)c1CC(=O)NN1CCN(C)CC1. The summed E-state index contributed by atoms with van der Waals surface area (Å²) in [6, 6.07) is 0. The molecule has 8 heteroatoms. The maximum atomic E-state index is 12.3. The van der Waals surface area contributed by atoms with E-state index < -0.39 is 0 Å². The number of nitrogens with one attached hydrogen (secondary N) is 1. The van der Waals surface area contributed by atoms with Gasteiger partial charge in [-0.3, -0.25) is 10.2 Å². The molecule has 0 spiro atoms. The second-order valence-electron chi connectivity index (χ2n) is 5.74. The molecule has 1 N–H and O–H groups in total. The van der Waals surface area contributed by atoms with Crippen molar-refractivity contribution in [3.8, 4) is 0 Å². The number of rotatable bonds is 3. The van der Waals surface area contributed by atoms with Crippen LogP contribution in [0.3, 0.4) is 0 Å². The summed E-state index contributed by atoms with van der Waals surface area (Å²) in [5, 5.41) is 6.13. The maximum absolute atomic E-state index is 12.3. The Morgan fingerprint density at radius 3 is 2.73 bits per heavy atom. The Hall–Kier alpha value is -2.06. The van der Waals surface area contributed by atoms with Crippen molar-refractivity contribution in [1.82, 2.24) is 34.9 Å². The summed E-state index contributed by atoms with van der Waals surface area (Å²) in [5.74, 6) is 0.551. The van der Waals surface area contributed by atoms with Crippen molar-refractivity contribution in [2.24, 2.45) is 0 Å². The van der Waals surface area contributed by atoms with Crippen LogP contribution in [-0.2, 0) is 11.2 Å². The van der Waals surface area contributed by atoms with Crippen LogP contribution in [0, 0.1) is 13.8 Å². The van der Waals surface area contributed by atoms with E-state index in [1.807, 2.05) is 18.9 Å². The summed E-state index contributed by atoms with van der Waals surface area (Å²) < 4.78 is 1.67. The van der Waals surface area contributed by atoms with Crippen LogP contribution in [0.25, 0.3) is 5.78 Å². The third-order valence-corrected chi connectivity index (χ3v) is 4.11. The van der Waals surface area contributed by atoms with Crippen molar-refractivity contribution in [2.45, 2.75) is 20.3 Å². The molecular formula is C14H21N7O. The Bertz CT molecular complexity index is 688. The van der Waals surface area contributed by atoms with Gasteiger partial charge in [-0.05, 0) is 20.9 Å². The molecule has 118 valence electrons. The molecule has 8 nitrogen and oxygen atoms in total. The second kappa shape index (κ2) is 5.98. The number of aromatic nitrogens is 4. The lowest BCUT2D eigenvalue weighted by molar-refractivity contribution is -0.126. The molecule has 2 aromatic rings. The number of carbonyl (C=O) groups excluding carboxylic acids is 1. The minimum atomic E-state index is -0.0166. The number of piperazine rings is 1. The van der Waals surface area contributed by atoms with E-state index in [4.69, 9.17) is 0 Å². The van der Waals surface area contributed by atoms with Gasteiger partial charge in [-0.1, -0.05) is 0 Å². The van der Waals surface area contributed by atoms with Crippen LogP contribution in [0.2, 0.25) is 0 Å². The highest BCUT2D eigenvalue weighted by Gasteiger charge is 2.18. The Morgan fingerprint density at radius 1 is 1.27 bits per heavy atom. The fraction of sp³-hybridized carbons (Fsp3) is 0.571. The van der Waals surface area contributed by atoms with E-state index in [0.29, 0.717) is 12.2 Å². The van der Waals surface area contributed by atoms with Crippen LogP contribution in [0.15, 0.2) is 6.33 Å². The number of likely N-dealkylation sites (N-methyl/N-ethyl adjacent to an activating group) is 1. The number of hydrogen-bond acceptors (Lipinski definition) is 6. The third kappa shape index (κ3) is 2.93. The topological polar surface area (TPSA) is 78.7 Å². The first-order chi connectivity index (χ1) is 10.5. The van der Waals surface area contributed by atoms with E-state index in [-0.39, 0.29) is 5.91 Å². The first kappa shape index (κ1) is 14.9. The Balaban J connectivity index is 1.71. The summed E-state index contributed by atoms with van der Waals surface area (Å²) in [7, 11) is 2.09. The Labute approximate surface area is 129 Å². The van der Waals surface area contributed by atoms with E-state index in [2.05, 4.69) is 32.4 Å². The summed E-state index contributed by atoms with van der Waals surface area (Å²) in [6.45, 7) is 7.46. The molecule has 0 radical (unpaired) electrons. The zero-order valence-electron chi connectivity index (χ0n) is 13.2. The molecule has 0 bridgehead atoms. The van der Waals surface area contributed by atoms with Crippen LogP contribution in [0.5, 0.6) is 0 Å². The molecule has 0 aromatic carbocycles. The van der Waals surface area contributed by atoms with E-state index in [1.165, 1.54) is 6.33 Å². The van der Waals surface area contributed by atoms with Gasteiger partial charge in [-0.2, -0.15) is 10.1 Å². The average Bonchev–Trinajstić information content (AvgIpc) is 2.94. The van der Waals surface area contributed by atoms with E-state index in [0.717, 1.165) is 43.1 Å². The summed E-state index contributed by atoms with van der Waals surface area (Å²) in [4.78, 5) is 23.0. The number of nitrogens with zero attached hydrogens (tertiary/aromatic N) is 6. The lowest BCUT2D eigenvalue weighted by Gasteiger charge is -2.32. The number of fused-ring (bicyclic) bond motifs is 1. The normalized spacial score (nSPS) is 17.0. The van der Waals surface area contributed by atoms with Crippen LogP contribution in [-0.4, -0.2) is 68.6 Å². The van der Waals surface area contributed by atoms with Crippen molar-refractivity contribution in [3.63, 3.8) is 0 Å². The lowest BCUT2D eigenvalue weighted by Crippen LogP contribution is -2.52. The van der Waals surface area contributed by atoms with Crippen molar-refractivity contribution in [1.29, 1.82) is 0 Å². The molecule has 1 aliphatic heterocycles. The number of amides is 1. The number of carbonyl (C=O) groups is 1. The Morgan fingerprint density at radius 2 is 2.00 bits per heavy atom. The minimum absolute atomic E-state index is 0.0166. The minimum Gasteiger partial charge on any atom is -0.304 e. The van der Waals surface area contributed by atoms with Crippen LogP contribution in [0.4, 0.5) is 0 Å². The Kier molecular flexibility index (Phi) is 4.04. The second-order valence-corrected chi connectivity index (χ2v) is 5.74. The smallest absolute Gasteiger partial charge is 0.252 e. The van der Waals surface area contributed by atoms with Gasteiger partial charge in [0.05, 0.1) is 6.42 Å². The summed E-state index contributed by atoms with van der Waals surface area (Å²) in [6.07, 6.45) is 1.77. The zero-order chi connectivity index (χ0) is 15.7. The predicted octanol–water partition coefficient (Wildman–Crippen LogP) is -0.438.